The number of benzene rings is 1. The quantitative estimate of drug-likeness (QED) is 0.735. The fourth-order valence-electron chi connectivity index (χ4n) is 1.62. The van der Waals surface area contributed by atoms with Gasteiger partial charge in [0.1, 0.15) is 0 Å². The first-order valence-corrected chi connectivity index (χ1v) is 6.70. The van der Waals surface area contributed by atoms with Gasteiger partial charge in [0.2, 0.25) is 0 Å². The average molecular weight is 223 g/mol. The molecule has 0 heterocycles. The van der Waals surface area contributed by atoms with Crippen molar-refractivity contribution in [1.29, 1.82) is 0 Å². The summed E-state index contributed by atoms with van der Waals surface area (Å²) in [6, 6.07) is 9.44. The summed E-state index contributed by atoms with van der Waals surface area (Å²) in [7, 11) is 2.02. The van der Waals surface area contributed by atoms with E-state index in [-0.39, 0.29) is 0 Å². The summed E-state index contributed by atoms with van der Waals surface area (Å²) in [5, 5.41) is 3.32. The lowest BCUT2D eigenvalue weighted by Gasteiger charge is -2.14. The lowest BCUT2D eigenvalue weighted by atomic mass is 10.1. The zero-order valence-corrected chi connectivity index (χ0v) is 10.7. The van der Waals surface area contributed by atoms with E-state index in [4.69, 9.17) is 0 Å². The first-order chi connectivity index (χ1) is 7.31. The monoisotopic (exact) mass is 223 g/mol. The van der Waals surface area contributed by atoms with Crippen LogP contribution >= 0.6 is 11.8 Å². The summed E-state index contributed by atoms with van der Waals surface area (Å²) >= 11 is 1.94. The van der Waals surface area contributed by atoms with E-state index in [1.165, 1.54) is 22.6 Å². The molecule has 84 valence electrons. The molecule has 1 unspecified atom stereocenters. The van der Waals surface area contributed by atoms with Gasteiger partial charge in [0.15, 0.2) is 0 Å². The Labute approximate surface area is 97.7 Å². The van der Waals surface area contributed by atoms with Crippen LogP contribution in [0.15, 0.2) is 29.2 Å². The largest absolute Gasteiger partial charge is 0.313 e. The fourth-order valence-corrected chi connectivity index (χ4v) is 2.39. The summed E-state index contributed by atoms with van der Waals surface area (Å²) in [5.41, 5.74) is 1.39. The van der Waals surface area contributed by atoms with Crippen molar-refractivity contribution in [2.45, 2.75) is 37.6 Å². The zero-order chi connectivity index (χ0) is 11.1. The van der Waals surface area contributed by atoms with E-state index in [0.29, 0.717) is 6.04 Å². The van der Waals surface area contributed by atoms with E-state index in [2.05, 4.69) is 43.4 Å². The van der Waals surface area contributed by atoms with Crippen LogP contribution in [0.3, 0.4) is 0 Å². The molecule has 0 aliphatic heterocycles. The molecule has 0 aromatic heterocycles. The van der Waals surface area contributed by atoms with Crippen LogP contribution in [0.4, 0.5) is 0 Å². The Bertz CT molecular complexity index is 264. The molecule has 1 nitrogen and oxygen atoms in total. The molecule has 0 radical (unpaired) electrons. The van der Waals surface area contributed by atoms with Crippen LogP contribution in [0.5, 0.6) is 0 Å². The van der Waals surface area contributed by atoms with E-state index in [1.807, 2.05) is 18.8 Å². The molecular weight excluding hydrogens is 202 g/mol. The van der Waals surface area contributed by atoms with Crippen molar-refractivity contribution >= 4 is 11.8 Å². The van der Waals surface area contributed by atoms with Crippen LogP contribution in [0, 0.1) is 0 Å². The van der Waals surface area contributed by atoms with Gasteiger partial charge < -0.3 is 5.32 Å². The summed E-state index contributed by atoms with van der Waals surface area (Å²) in [6.07, 6.45) is 2.37. The second-order valence-corrected chi connectivity index (χ2v) is 4.84. The minimum atomic E-state index is 0.496. The molecule has 0 bridgehead atoms. The van der Waals surface area contributed by atoms with E-state index < -0.39 is 0 Å². The van der Waals surface area contributed by atoms with Gasteiger partial charge in [-0.3, -0.25) is 0 Å². The second kappa shape index (κ2) is 6.91. The minimum Gasteiger partial charge on any atom is -0.313 e. The maximum absolute atomic E-state index is 3.32. The third-order valence-electron chi connectivity index (χ3n) is 2.51. The van der Waals surface area contributed by atoms with Crippen LogP contribution in [-0.4, -0.2) is 12.8 Å². The van der Waals surface area contributed by atoms with Gasteiger partial charge in [0.25, 0.3) is 0 Å². The molecule has 1 N–H and O–H groups in total. The highest BCUT2D eigenvalue weighted by Gasteiger charge is 2.05. The summed E-state index contributed by atoms with van der Waals surface area (Å²) < 4.78 is 0. The molecule has 1 rings (SSSR count). The maximum atomic E-state index is 3.32. The molecule has 15 heavy (non-hydrogen) atoms. The Hall–Kier alpha value is -0.470. The number of thioether (sulfide) groups is 1. The van der Waals surface area contributed by atoms with Crippen molar-refractivity contribution in [3.8, 4) is 0 Å². The molecule has 0 saturated carbocycles. The Morgan fingerprint density at radius 1 is 1.20 bits per heavy atom. The lowest BCUT2D eigenvalue weighted by molar-refractivity contribution is 0.576. The summed E-state index contributed by atoms with van der Waals surface area (Å²) in [4.78, 5) is 1.38. The Morgan fingerprint density at radius 3 is 2.33 bits per heavy atom. The molecule has 0 aliphatic carbocycles. The lowest BCUT2D eigenvalue weighted by Crippen LogP contribution is -2.14. The van der Waals surface area contributed by atoms with E-state index >= 15 is 0 Å². The van der Waals surface area contributed by atoms with Gasteiger partial charge in [0.05, 0.1) is 0 Å². The van der Waals surface area contributed by atoms with Crippen molar-refractivity contribution in [1.82, 2.24) is 5.32 Å². The number of rotatable bonds is 6. The first kappa shape index (κ1) is 12.6. The van der Waals surface area contributed by atoms with Crippen LogP contribution in [0.25, 0.3) is 0 Å². The van der Waals surface area contributed by atoms with Gasteiger partial charge in [-0.05, 0) is 43.3 Å². The van der Waals surface area contributed by atoms with Crippen LogP contribution in [-0.2, 0) is 0 Å². The second-order valence-electron chi connectivity index (χ2n) is 3.67. The average Bonchev–Trinajstić information content (AvgIpc) is 2.29. The molecular formula is C13H21NS. The minimum absolute atomic E-state index is 0.496. The smallest absolute Gasteiger partial charge is 0.0314 e. The summed E-state index contributed by atoms with van der Waals surface area (Å²) in [5.74, 6) is 1.21. The molecule has 0 fully saturated rings. The van der Waals surface area contributed by atoms with Gasteiger partial charge in [-0.15, -0.1) is 11.8 Å². The highest BCUT2D eigenvalue weighted by atomic mass is 32.2. The zero-order valence-electron chi connectivity index (χ0n) is 9.92. The van der Waals surface area contributed by atoms with Crippen molar-refractivity contribution in [3.05, 3.63) is 29.8 Å². The first-order valence-electron chi connectivity index (χ1n) is 5.71. The third-order valence-corrected chi connectivity index (χ3v) is 3.73. The molecule has 1 aromatic carbocycles. The van der Waals surface area contributed by atoms with Gasteiger partial charge in [-0.2, -0.15) is 0 Å². The number of nitrogens with one attached hydrogen (secondary N) is 1. The van der Waals surface area contributed by atoms with Crippen LogP contribution in [0.1, 0.15) is 38.3 Å². The Balaban J connectivity index is 2.62. The van der Waals surface area contributed by atoms with Gasteiger partial charge in [-0.1, -0.05) is 26.0 Å². The summed E-state index contributed by atoms with van der Waals surface area (Å²) in [6.45, 7) is 4.43. The third kappa shape index (κ3) is 3.88. The fraction of sp³-hybridized carbons (Fsp3) is 0.538. The highest BCUT2D eigenvalue weighted by molar-refractivity contribution is 7.99. The normalized spacial score (nSPS) is 12.7. The maximum Gasteiger partial charge on any atom is 0.0314 e. The highest BCUT2D eigenvalue weighted by Crippen LogP contribution is 2.22. The van der Waals surface area contributed by atoms with Gasteiger partial charge >= 0.3 is 0 Å². The van der Waals surface area contributed by atoms with Crippen molar-refractivity contribution < 1.29 is 0 Å². The SMILES string of the molecule is CCCSc1ccc(C(CC)NC)cc1. The van der Waals surface area contributed by atoms with Crippen LogP contribution in [0.2, 0.25) is 0 Å². The Morgan fingerprint density at radius 2 is 1.87 bits per heavy atom. The van der Waals surface area contributed by atoms with E-state index in [9.17, 15) is 0 Å². The molecule has 0 saturated heterocycles. The van der Waals surface area contributed by atoms with Gasteiger partial charge in [-0.25, -0.2) is 0 Å². The predicted molar refractivity (Wildman–Crippen MR) is 69.5 cm³/mol. The van der Waals surface area contributed by atoms with Gasteiger partial charge in [0, 0.05) is 10.9 Å². The molecule has 0 spiro atoms. The Kier molecular flexibility index (Phi) is 5.81. The topological polar surface area (TPSA) is 12.0 Å². The number of hydrogen-bond donors (Lipinski definition) is 1. The standard InChI is InChI=1S/C13H21NS/c1-4-10-15-12-8-6-11(7-9-12)13(5-2)14-3/h6-9,13-14H,4-5,10H2,1-3H3. The van der Waals surface area contributed by atoms with E-state index in [1.54, 1.807) is 0 Å². The van der Waals surface area contributed by atoms with Crippen molar-refractivity contribution in [2.75, 3.05) is 12.8 Å². The predicted octanol–water partition coefficient (Wildman–Crippen LogP) is 3.86. The van der Waals surface area contributed by atoms with Crippen molar-refractivity contribution in [2.24, 2.45) is 0 Å². The van der Waals surface area contributed by atoms with Crippen LogP contribution < -0.4 is 5.32 Å². The molecule has 1 aromatic rings. The number of hydrogen-bond acceptors (Lipinski definition) is 2. The van der Waals surface area contributed by atoms with Crippen molar-refractivity contribution in [3.63, 3.8) is 0 Å². The molecule has 2 heteroatoms. The molecule has 0 aliphatic rings. The molecule has 0 amide bonds. The van der Waals surface area contributed by atoms with E-state index in [0.717, 1.165) is 6.42 Å². The molecule has 1 atom stereocenters.